The van der Waals surface area contributed by atoms with Gasteiger partial charge >= 0.3 is 5.97 Å². The molecule has 1 fully saturated rings. The van der Waals surface area contributed by atoms with E-state index < -0.39 is 5.97 Å². The number of carboxylic acids is 1. The molecule has 0 saturated carbocycles. The first-order chi connectivity index (χ1) is 15.0. The van der Waals surface area contributed by atoms with Crippen LogP contribution in [-0.4, -0.2) is 60.6 Å². The zero-order valence-electron chi connectivity index (χ0n) is 17.1. The number of rotatable bonds is 5. The summed E-state index contributed by atoms with van der Waals surface area (Å²) in [6.45, 7) is 2.99. The monoisotopic (exact) mass is 423 g/mol. The molecule has 2 aromatic carbocycles. The zero-order valence-corrected chi connectivity index (χ0v) is 17.1. The highest BCUT2D eigenvalue weighted by Crippen LogP contribution is 2.30. The van der Waals surface area contributed by atoms with Gasteiger partial charge in [0.25, 0.3) is 5.91 Å². The number of amides is 1. The number of hydrogen-bond donors (Lipinski definition) is 3. The third kappa shape index (κ3) is 5.03. The van der Waals surface area contributed by atoms with Gasteiger partial charge in [-0.3, -0.25) is 15.0 Å². The van der Waals surface area contributed by atoms with E-state index in [0.29, 0.717) is 62.2 Å². The van der Waals surface area contributed by atoms with Gasteiger partial charge in [0.05, 0.1) is 26.2 Å². The summed E-state index contributed by atoms with van der Waals surface area (Å²) in [6.07, 6.45) is 0.695. The molecular formula is C23H25N3O5. The van der Waals surface area contributed by atoms with Crippen molar-refractivity contribution in [1.29, 1.82) is 5.41 Å². The van der Waals surface area contributed by atoms with E-state index in [1.165, 1.54) is 0 Å². The quantitative estimate of drug-likeness (QED) is 0.504. The van der Waals surface area contributed by atoms with Crippen LogP contribution in [0.2, 0.25) is 0 Å². The number of carboxylic acid groups (broad SMARTS) is 1. The molecule has 1 atom stereocenters. The van der Waals surface area contributed by atoms with E-state index in [2.05, 4.69) is 5.32 Å². The number of carbonyl (C=O) groups is 2. The molecule has 0 spiro atoms. The molecule has 3 N–H and O–H groups in total. The van der Waals surface area contributed by atoms with E-state index in [1.807, 2.05) is 23.1 Å². The molecule has 4 rings (SSSR count). The number of anilines is 1. The topological polar surface area (TPSA) is 112 Å². The molecule has 2 heterocycles. The van der Waals surface area contributed by atoms with Crippen LogP contribution in [0.15, 0.2) is 42.5 Å². The van der Waals surface area contributed by atoms with Crippen molar-refractivity contribution in [2.24, 2.45) is 5.92 Å². The molecule has 8 nitrogen and oxygen atoms in total. The summed E-state index contributed by atoms with van der Waals surface area (Å²) in [7, 11) is 0. The molecule has 1 unspecified atom stereocenters. The van der Waals surface area contributed by atoms with Crippen LogP contribution in [0.4, 0.5) is 5.69 Å². The van der Waals surface area contributed by atoms with Crippen molar-refractivity contribution in [3.05, 3.63) is 59.2 Å². The van der Waals surface area contributed by atoms with Gasteiger partial charge in [-0.25, -0.2) is 0 Å². The number of hydrogen-bond acceptors (Lipinski definition) is 5. The predicted molar refractivity (Wildman–Crippen MR) is 115 cm³/mol. The average Bonchev–Trinajstić information content (AvgIpc) is 2.79. The largest absolute Gasteiger partial charge is 0.493 e. The summed E-state index contributed by atoms with van der Waals surface area (Å²) in [5.41, 5.74) is 2.82. The number of aliphatic carboxylic acids is 1. The summed E-state index contributed by atoms with van der Waals surface area (Å²) in [5, 5.41) is 20.2. The van der Waals surface area contributed by atoms with Gasteiger partial charge in [0, 0.05) is 35.8 Å². The van der Waals surface area contributed by atoms with Crippen molar-refractivity contribution in [2.45, 2.75) is 12.8 Å². The zero-order chi connectivity index (χ0) is 21.8. The van der Waals surface area contributed by atoms with Crippen molar-refractivity contribution >= 4 is 23.4 Å². The summed E-state index contributed by atoms with van der Waals surface area (Å²) in [6, 6.07) is 12.5. The lowest BCUT2D eigenvalue weighted by molar-refractivity contribution is -0.138. The van der Waals surface area contributed by atoms with E-state index >= 15 is 0 Å². The molecule has 0 radical (unpaired) electrons. The van der Waals surface area contributed by atoms with E-state index in [0.717, 1.165) is 11.1 Å². The molecule has 0 aromatic heterocycles. The maximum atomic E-state index is 12.7. The first kappa shape index (κ1) is 20.9. The summed E-state index contributed by atoms with van der Waals surface area (Å²) < 4.78 is 11.0. The van der Waals surface area contributed by atoms with Crippen LogP contribution in [0.5, 0.6) is 5.75 Å². The van der Waals surface area contributed by atoms with Crippen LogP contribution >= 0.6 is 0 Å². The first-order valence-electron chi connectivity index (χ1n) is 10.3. The van der Waals surface area contributed by atoms with E-state index in [-0.39, 0.29) is 18.2 Å². The van der Waals surface area contributed by atoms with Crippen molar-refractivity contribution in [2.75, 3.05) is 38.2 Å². The van der Waals surface area contributed by atoms with Gasteiger partial charge in [-0.05, 0) is 48.4 Å². The number of amidine groups is 1. The molecule has 2 aliphatic heterocycles. The van der Waals surface area contributed by atoms with Crippen molar-refractivity contribution in [3.8, 4) is 5.75 Å². The van der Waals surface area contributed by atoms with Gasteiger partial charge in [-0.1, -0.05) is 6.07 Å². The predicted octanol–water partition coefficient (Wildman–Crippen LogP) is 2.62. The SMILES string of the molecule is N=C(c1ccc(NC(=O)c2ccc3c(c2)OCC(CC(=O)O)C3)cc1)N1CCOCC1. The lowest BCUT2D eigenvalue weighted by atomic mass is 9.93. The van der Waals surface area contributed by atoms with Crippen LogP contribution in [0.1, 0.15) is 27.9 Å². The number of ether oxygens (including phenoxy) is 2. The second-order valence-electron chi connectivity index (χ2n) is 7.78. The maximum absolute atomic E-state index is 12.7. The molecule has 2 aliphatic rings. The van der Waals surface area contributed by atoms with Gasteiger partial charge in [0.2, 0.25) is 0 Å². The Hall–Kier alpha value is -3.39. The Balaban J connectivity index is 1.38. The molecule has 1 amide bonds. The Morgan fingerprint density at radius 2 is 1.81 bits per heavy atom. The number of benzene rings is 2. The molecule has 0 bridgehead atoms. The van der Waals surface area contributed by atoms with Crippen molar-refractivity contribution in [3.63, 3.8) is 0 Å². The van der Waals surface area contributed by atoms with Gasteiger partial charge in [-0.2, -0.15) is 0 Å². The molecule has 162 valence electrons. The fraction of sp³-hybridized carbons (Fsp3) is 0.348. The van der Waals surface area contributed by atoms with Gasteiger partial charge < -0.3 is 24.8 Å². The summed E-state index contributed by atoms with van der Waals surface area (Å²) in [5.74, 6) is -0.0635. The molecule has 8 heteroatoms. The molecule has 1 saturated heterocycles. The standard InChI is InChI=1S/C23H25N3O5/c24-22(26-7-9-30-10-8-26)16-3-5-19(6-4-16)25-23(29)18-2-1-17-11-15(12-21(27)28)14-31-20(17)13-18/h1-6,13,15,24H,7-12,14H2,(H,25,29)(H,27,28). The summed E-state index contributed by atoms with van der Waals surface area (Å²) in [4.78, 5) is 25.6. The number of carbonyl (C=O) groups excluding carboxylic acids is 1. The van der Waals surface area contributed by atoms with Crippen LogP contribution < -0.4 is 10.1 Å². The smallest absolute Gasteiger partial charge is 0.303 e. The second kappa shape index (κ2) is 9.18. The minimum Gasteiger partial charge on any atom is -0.493 e. The Kier molecular flexibility index (Phi) is 6.18. The van der Waals surface area contributed by atoms with Crippen LogP contribution in [0.3, 0.4) is 0 Å². The van der Waals surface area contributed by atoms with Crippen LogP contribution in [-0.2, 0) is 16.0 Å². The average molecular weight is 423 g/mol. The van der Waals surface area contributed by atoms with Gasteiger partial charge in [0.1, 0.15) is 11.6 Å². The maximum Gasteiger partial charge on any atom is 0.303 e. The van der Waals surface area contributed by atoms with Gasteiger partial charge in [0.15, 0.2) is 0 Å². The number of nitrogens with one attached hydrogen (secondary N) is 2. The Bertz CT molecular complexity index is 983. The Labute approximate surface area is 180 Å². The highest BCUT2D eigenvalue weighted by atomic mass is 16.5. The van der Waals surface area contributed by atoms with Gasteiger partial charge in [-0.15, -0.1) is 0 Å². The minimum atomic E-state index is -0.834. The van der Waals surface area contributed by atoms with E-state index in [1.54, 1.807) is 24.3 Å². The van der Waals surface area contributed by atoms with Crippen LogP contribution in [0, 0.1) is 11.3 Å². The number of nitrogens with zero attached hydrogens (tertiary/aromatic N) is 1. The fourth-order valence-electron chi connectivity index (χ4n) is 3.84. The Morgan fingerprint density at radius 1 is 1.10 bits per heavy atom. The second-order valence-corrected chi connectivity index (χ2v) is 7.78. The number of morpholine rings is 1. The van der Waals surface area contributed by atoms with E-state index in [4.69, 9.17) is 20.0 Å². The van der Waals surface area contributed by atoms with E-state index in [9.17, 15) is 9.59 Å². The normalized spacial score (nSPS) is 17.9. The molecule has 0 aliphatic carbocycles. The van der Waals surface area contributed by atoms with Crippen LogP contribution in [0.25, 0.3) is 0 Å². The molecular weight excluding hydrogens is 398 g/mol. The third-order valence-electron chi connectivity index (χ3n) is 5.52. The first-order valence-corrected chi connectivity index (χ1v) is 10.3. The Morgan fingerprint density at radius 3 is 2.52 bits per heavy atom. The molecule has 31 heavy (non-hydrogen) atoms. The molecule has 2 aromatic rings. The van der Waals surface area contributed by atoms with Crippen molar-refractivity contribution < 1.29 is 24.2 Å². The third-order valence-corrected chi connectivity index (χ3v) is 5.52. The fourth-order valence-corrected chi connectivity index (χ4v) is 3.84. The number of fused-ring (bicyclic) bond motifs is 1. The highest BCUT2D eigenvalue weighted by Gasteiger charge is 2.23. The lowest BCUT2D eigenvalue weighted by Gasteiger charge is -2.29. The minimum absolute atomic E-state index is 0.0561. The summed E-state index contributed by atoms with van der Waals surface area (Å²) >= 11 is 0. The lowest BCUT2D eigenvalue weighted by Crippen LogP contribution is -2.40. The highest BCUT2D eigenvalue weighted by molar-refractivity contribution is 6.05. The van der Waals surface area contributed by atoms with Crippen molar-refractivity contribution in [1.82, 2.24) is 4.90 Å².